The van der Waals surface area contributed by atoms with Gasteiger partial charge in [0.25, 0.3) is 0 Å². The van der Waals surface area contributed by atoms with Crippen LogP contribution in [0.25, 0.3) is 0 Å². The van der Waals surface area contributed by atoms with E-state index in [9.17, 15) is 18.0 Å². The van der Waals surface area contributed by atoms with Crippen LogP contribution in [0.1, 0.15) is 34.6 Å². The van der Waals surface area contributed by atoms with Gasteiger partial charge in [-0.15, -0.1) is 0 Å². The normalized spacial score (nSPS) is 16.1. The fourth-order valence-electron chi connectivity index (χ4n) is 2.27. The summed E-state index contributed by atoms with van der Waals surface area (Å²) >= 11 is 0. The highest BCUT2D eigenvalue weighted by molar-refractivity contribution is 5.98. The Kier molecular flexibility index (Phi) is 3.71. The summed E-state index contributed by atoms with van der Waals surface area (Å²) in [4.78, 5) is 16.3. The van der Waals surface area contributed by atoms with E-state index in [0.29, 0.717) is 11.3 Å². The highest BCUT2D eigenvalue weighted by Crippen LogP contribution is 2.30. The second kappa shape index (κ2) is 5.00. The first-order chi connectivity index (χ1) is 8.76. The zero-order valence-corrected chi connectivity index (χ0v) is 11.0. The van der Waals surface area contributed by atoms with Crippen molar-refractivity contribution in [3.05, 3.63) is 23.0 Å². The highest BCUT2D eigenvalue weighted by Gasteiger charge is 2.38. The van der Waals surface area contributed by atoms with Gasteiger partial charge in [-0.1, -0.05) is 0 Å². The van der Waals surface area contributed by atoms with Crippen LogP contribution >= 0.6 is 0 Å². The molecule has 1 heterocycles. The summed E-state index contributed by atoms with van der Waals surface area (Å²) in [6, 6.07) is 1.60. The Labute approximate surface area is 109 Å². The molecular formula is C13H17F3N2O. The molecule has 106 valence electrons. The number of carbonyl (C=O) groups excluding carboxylic acids is 1. The van der Waals surface area contributed by atoms with E-state index in [1.165, 1.54) is 4.90 Å². The van der Waals surface area contributed by atoms with E-state index in [0.717, 1.165) is 18.5 Å². The van der Waals surface area contributed by atoms with Crippen molar-refractivity contribution in [3.63, 3.8) is 0 Å². The molecule has 0 radical (unpaired) electrons. The summed E-state index contributed by atoms with van der Waals surface area (Å²) in [5.41, 5.74) is 2.05. The molecule has 0 amide bonds. The summed E-state index contributed by atoms with van der Waals surface area (Å²) in [5.74, 6) is -0.252. The zero-order chi connectivity index (χ0) is 14.2. The standard InChI is InChI=1S/C13H17F3N2O/c1-8-5-11(9(2)17-8)12(19)6-18(10-3-4-10)7-13(14,15)16/h5,10,17H,3-4,6-7H2,1-2H3. The molecule has 0 atom stereocenters. The molecule has 1 fully saturated rings. The first-order valence-corrected chi connectivity index (χ1v) is 6.26. The molecule has 0 unspecified atom stereocenters. The maximum atomic E-state index is 12.5. The minimum absolute atomic E-state index is 0.0917. The van der Waals surface area contributed by atoms with Crippen molar-refractivity contribution in [2.24, 2.45) is 0 Å². The Balaban J connectivity index is 2.05. The molecule has 1 aliphatic rings. The van der Waals surface area contributed by atoms with E-state index >= 15 is 0 Å². The molecular weight excluding hydrogens is 257 g/mol. The molecule has 0 bridgehead atoms. The number of aryl methyl sites for hydroxylation is 2. The van der Waals surface area contributed by atoms with Gasteiger partial charge >= 0.3 is 6.18 Å². The summed E-state index contributed by atoms with van der Waals surface area (Å²) in [6.45, 7) is 2.40. The van der Waals surface area contributed by atoms with Crippen molar-refractivity contribution in [3.8, 4) is 0 Å². The molecule has 1 N–H and O–H groups in total. The van der Waals surface area contributed by atoms with Gasteiger partial charge in [0.2, 0.25) is 0 Å². The van der Waals surface area contributed by atoms with Gasteiger partial charge in [0, 0.05) is 23.0 Å². The van der Waals surface area contributed by atoms with Crippen LogP contribution in [0.4, 0.5) is 13.2 Å². The van der Waals surface area contributed by atoms with Crippen LogP contribution in [0.15, 0.2) is 6.07 Å². The van der Waals surface area contributed by atoms with Crippen LogP contribution in [-0.4, -0.2) is 41.0 Å². The predicted molar refractivity (Wildman–Crippen MR) is 65.2 cm³/mol. The Bertz CT molecular complexity index is 475. The van der Waals surface area contributed by atoms with Gasteiger partial charge in [0.05, 0.1) is 13.1 Å². The molecule has 19 heavy (non-hydrogen) atoms. The van der Waals surface area contributed by atoms with Gasteiger partial charge in [-0.25, -0.2) is 0 Å². The van der Waals surface area contributed by atoms with Crippen LogP contribution in [-0.2, 0) is 0 Å². The molecule has 1 saturated carbocycles. The second-order valence-electron chi connectivity index (χ2n) is 5.17. The maximum absolute atomic E-state index is 12.5. The lowest BCUT2D eigenvalue weighted by molar-refractivity contribution is -0.145. The van der Waals surface area contributed by atoms with Crippen molar-refractivity contribution < 1.29 is 18.0 Å². The van der Waals surface area contributed by atoms with Gasteiger partial charge in [-0.2, -0.15) is 13.2 Å². The predicted octanol–water partition coefficient (Wildman–Crippen LogP) is 2.84. The van der Waals surface area contributed by atoms with Gasteiger partial charge in [-0.05, 0) is 32.8 Å². The maximum Gasteiger partial charge on any atom is 0.401 e. The topological polar surface area (TPSA) is 36.1 Å². The summed E-state index contributed by atoms with van der Waals surface area (Å²) in [6.07, 6.45) is -2.77. The number of halogens is 3. The van der Waals surface area contributed by atoms with Gasteiger partial charge in [0.15, 0.2) is 5.78 Å². The van der Waals surface area contributed by atoms with Crippen LogP contribution in [0, 0.1) is 13.8 Å². The first kappa shape index (κ1) is 14.1. The summed E-state index contributed by atoms with van der Waals surface area (Å²) < 4.78 is 37.4. The number of ketones is 1. The van der Waals surface area contributed by atoms with Crippen molar-refractivity contribution >= 4 is 5.78 Å². The smallest absolute Gasteiger partial charge is 0.362 e. The number of aromatic amines is 1. The largest absolute Gasteiger partial charge is 0.401 e. The Morgan fingerprint density at radius 2 is 2.05 bits per heavy atom. The van der Waals surface area contributed by atoms with E-state index in [1.54, 1.807) is 13.0 Å². The minimum Gasteiger partial charge on any atom is -0.362 e. The number of rotatable bonds is 5. The van der Waals surface area contributed by atoms with E-state index in [1.807, 2.05) is 6.92 Å². The molecule has 1 aliphatic carbocycles. The Hall–Kier alpha value is -1.30. The van der Waals surface area contributed by atoms with E-state index in [4.69, 9.17) is 0 Å². The number of carbonyl (C=O) groups is 1. The first-order valence-electron chi connectivity index (χ1n) is 6.26. The number of Topliss-reactive ketones (excluding diaryl/α,β-unsaturated/α-hetero) is 1. The highest BCUT2D eigenvalue weighted by atomic mass is 19.4. The zero-order valence-electron chi connectivity index (χ0n) is 11.0. The van der Waals surface area contributed by atoms with E-state index < -0.39 is 12.7 Å². The average Bonchev–Trinajstić information content (AvgIpc) is 3.01. The van der Waals surface area contributed by atoms with Crippen molar-refractivity contribution in [1.82, 2.24) is 9.88 Å². The lowest BCUT2D eigenvalue weighted by Gasteiger charge is -2.22. The fraction of sp³-hybridized carbons (Fsp3) is 0.615. The molecule has 2 rings (SSSR count). The third-order valence-corrected chi connectivity index (χ3v) is 3.24. The monoisotopic (exact) mass is 274 g/mol. The van der Waals surface area contributed by atoms with Crippen molar-refractivity contribution in [2.75, 3.05) is 13.1 Å². The molecule has 1 aromatic heterocycles. The molecule has 0 aliphatic heterocycles. The number of nitrogens with zero attached hydrogens (tertiary/aromatic N) is 1. The average molecular weight is 274 g/mol. The third kappa shape index (κ3) is 3.83. The number of nitrogens with one attached hydrogen (secondary N) is 1. The van der Waals surface area contributed by atoms with Crippen LogP contribution in [0.3, 0.4) is 0 Å². The number of aromatic nitrogens is 1. The lowest BCUT2D eigenvalue weighted by Crippen LogP contribution is -2.39. The van der Waals surface area contributed by atoms with Gasteiger partial charge in [-0.3, -0.25) is 9.69 Å². The number of hydrogen-bond donors (Lipinski definition) is 1. The van der Waals surface area contributed by atoms with Crippen LogP contribution in [0.5, 0.6) is 0 Å². The molecule has 0 spiro atoms. The number of hydrogen-bond acceptors (Lipinski definition) is 2. The molecule has 6 heteroatoms. The second-order valence-corrected chi connectivity index (χ2v) is 5.17. The fourth-order valence-corrected chi connectivity index (χ4v) is 2.27. The molecule has 0 aromatic carbocycles. The van der Waals surface area contributed by atoms with Crippen molar-refractivity contribution in [1.29, 1.82) is 0 Å². The quantitative estimate of drug-likeness (QED) is 0.838. The lowest BCUT2D eigenvalue weighted by atomic mass is 10.1. The van der Waals surface area contributed by atoms with Crippen LogP contribution < -0.4 is 0 Å². The third-order valence-electron chi connectivity index (χ3n) is 3.24. The SMILES string of the molecule is Cc1cc(C(=O)CN(CC(F)(F)F)C2CC2)c(C)[nH]1. The van der Waals surface area contributed by atoms with Crippen molar-refractivity contribution in [2.45, 2.75) is 38.9 Å². The Morgan fingerprint density at radius 3 is 2.47 bits per heavy atom. The van der Waals surface area contributed by atoms with E-state index in [-0.39, 0.29) is 18.4 Å². The van der Waals surface area contributed by atoms with Crippen LogP contribution in [0.2, 0.25) is 0 Å². The van der Waals surface area contributed by atoms with Gasteiger partial charge < -0.3 is 4.98 Å². The number of alkyl halides is 3. The van der Waals surface area contributed by atoms with Gasteiger partial charge in [0.1, 0.15) is 0 Å². The molecule has 0 saturated heterocycles. The summed E-state index contributed by atoms with van der Waals surface area (Å²) in [7, 11) is 0. The molecule has 1 aromatic rings. The minimum atomic E-state index is -4.26. The summed E-state index contributed by atoms with van der Waals surface area (Å²) in [5, 5.41) is 0. The molecule has 3 nitrogen and oxygen atoms in total. The Morgan fingerprint density at radius 1 is 1.42 bits per heavy atom. The van der Waals surface area contributed by atoms with E-state index in [2.05, 4.69) is 4.98 Å². The number of H-pyrrole nitrogens is 1.